The fourth-order valence-electron chi connectivity index (χ4n) is 0. The Morgan fingerprint density at radius 2 is 1.25 bits per heavy atom. The Morgan fingerprint density at radius 3 is 1.25 bits per heavy atom. The van der Waals surface area contributed by atoms with Crippen molar-refractivity contribution < 1.29 is 55.5 Å². The summed E-state index contributed by atoms with van der Waals surface area (Å²) in [4.78, 5) is 0. The molecule has 0 saturated heterocycles. The number of rotatable bonds is 0. The Kier molecular flexibility index (Phi) is 116. The van der Waals surface area contributed by atoms with Crippen molar-refractivity contribution in [2.75, 3.05) is 0 Å². The first kappa shape index (κ1) is 27.9. The molecule has 20 valence electrons. The standard InChI is InChI=1S/Al.La.Mg.Mn.5H/q;;+2;;;;;2*-1. The van der Waals surface area contributed by atoms with Gasteiger partial charge in [0.2, 0.25) is 0 Å². The molecule has 0 nitrogen and oxygen atoms in total. The molecular weight excluding hydrogens is 245 g/mol. The Bertz CT molecular complexity index is 13.5. The van der Waals surface area contributed by atoms with Crippen LogP contribution in [-0.4, -0.2) is 40.4 Å². The molecule has 0 aromatic rings. The Morgan fingerprint density at radius 1 is 1.25 bits per heavy atom. The van der Waals surface area contributed by atoms with Gasteiger partial charge in [0.15, 0.2) is 17.4 Å². The van der Waals surface area contributed by atoms with Gasteiger partial charge < -0.3 is 2.85 Å². The molecule has 0 atom stereocenters. The van der Waals surface area contributed by atoms with Crippen molar-refractivity contribution in [3.63, 3.8) is 0 Å². The second-order valence-corrected chi connectivity index (χ2v) is 0. The predicted octanol–water partition coefficient (Wildman–Crippen LogP) is -1.34. The van der Waals surface area contributed by atoms with Gasteiger partial charge in [-0.1, -0.05) is 0 Å². The van der Waals surface area contributed by atoms with Crippen LogP contribution in [0.3, 0.4) is 0 Å². The first-order valence-electron chi connectivity index (χ1n) is 0. The van der Waals surface area contributed by atoms with E-state index in [1.807, 2.05) is 0 Å². The third-order valence-electron chi connectivity index (χ3n) is 0. The summed E-state index contributed by atoms with van der Waals surface area (Å²) < 4.78 is 0. The second-order valence-electron chi connectivity index (χ2n) is 0. The zero-order valence-corrected chi connectivity index (χ0v) is 7.88. The molecule has 0 amide bonds. The topological polar surface area (TPSA) is 0 Å². The molecule has 2 radical (unpaired) electrons. The first-order chi connectivity index (χ1) is 0. The van der Waals surface area contributed by atoms with Crippen LogP contribution < -0.4 is 0 Å². The summed E-state index contributed by atoms with van der Waals surface area (Å²) >= 11 is 0. The van der Waals surface area contributed by atoms with Crippen LogP contribution in [0.1, 0.15) is 2.85 Å². The van der Waals surface area contributed by atoms with E-state index in [9.17, 15) is 0 Å². The van der Waals surface area contributed by atoms with Crippen molar-refractivity contribution in [3.05, 3.63) is 0 Å². The van der Waals surface area contributed by atoms with Crippen molar-refractivity contribution >= 4 is 40.4 Å². The average molecular weight is 250 g/mol. The fourth-order valence-corrected chi connectivity index (χ4v) is 0. The summed E-state index contributed by atoms with van der Waals surface area (Å²) in [7, 11) is 0. The average Bonchev–Trinajstić information content (AvgIpc) is 0. The van der Waals surface area contributed by atoms with Crippen LogP contribution in [0.4, 0.5) is 0 Å². The summed E-state index contributed by atoms with van der Waals surface area (Å²) in [6, 6.07) is 0. The maximum Gasteiger partial charge on any atom is 2.00 e. The van der Waals surface area contributed by atoms with Gasteiger partial charge >= 0.3 is 23.1 Å². The van der Waals surface area contributed by atoms with Crippen molar-refractivity contribution in [3.8, 4) is 0 Å². The van der Waals surface area contributed by atoms with Crippen molar-refractivity contribution in [2.45, 2.75) is 0 Å². The second kappa shape index (κ2) is 16.6. The summed E-state index contributed by atoms with van der Waals surface area (Å²) in [6.07, 6.45) is 0. The molecule has 0 fully saturated rings. The van der Waals surface area contributed by atoms with E-state index < -0.39 is 0 Å². The van der Waals surface area contributed by atoms with Gasteiger partial charge in [-0.3, -0.25) is 0 Å². The largest absolute Gasteiger partial charge is 2.00 e. The minimum atomic E-state index is 0. The van der Waals surface area contributed by atoms with E-state index >= 15 is 0 Å². The van der Waals surface area contributed by atoms with E-state index in [-0.39, 0.29) is 95.9 Å². The molecule has 0 spiro atoms. The molecule has 0 aliphatic heterocycles. The third kappa shape index (κ3) is 8.89. The molecular formula is H5AlLaMgMn. The van der Waals surface area contributed by atoms with E-state index in [0.717, 1.165) is 0 Å². The summed E-state index contributed by atoms with van der Waals surface area (Å²) in [5, 5.41) is 0. The predicted molar refractivity (Wildman–Crippen MR) is 17.9 cm³/mol. The van der Waals surface area contributed by atoms with Gasteiger partial charge in [0.1, 0.15) is 0 Å². The van der Waals surface area contributed by atoms with Gasteiger partial charge in [0.05, 0.1) is 0 Å². The van der Waals surface area contributed by atoms with Crippen molar-refractivity contribution in [1.29, 1.82) is 0 Å². The quantitative estimate of drug-likeness (QED) is 0.467. The normalized spacial score (nSPS) is 0. The molecule has 0 N–H and O–H groups in total. The van der Waals surface area contributed by atoms with Crippen LogP contribution in [0.5, 0.6) is 0 Å². The zero-order chi connectivity index (χ0) is 0. The van der Waals surface area contributed by atoms with Gasteiger partial charge in [0.25, 0.3) is 0 Å². The third-order valence-corrected chi connectivity index (χ3v) is 0. The first-order valence-corrected chi connectivity index (χ1v) is 0. The van der Waals surface area contributed by atoms with Crippen LogP contribution in [0.2, 0.25) is 0 Å². The van der Waals surface area contributed by atoms with Crippen LogP contribution in [-0.2, 0) is 17.1 Å². The molecule has 0 aromatic heterocycles. The summed E-state index contributed by atoms with van der Waals surface area (Å²) in [5.74, 6) is 0. The van der Waals surface area contributed by atoms with Crippen molar-refractivity contribution in [2.24, 2.45) is 0 Å². The van der Waals surface area contributed by atoms with E-state index in [1.54, 1.807) is 0 Å². The molecule has 0 aromatic carbocycles. The molecule has 4 heavy (non-hydrogen) atoms. The van der Waals surface area contributed by atoms with Crippen LogP contribution in [0.15, 0.2) is 0 Å². The molecule has 0 saturated carbocycles. The van der Waals surface area contributed by atoms with Gasteiger partial charge in [-0.05, 0) is 0 Å². The zero-order valence-electron chi connectivity index (χ0n) is 3.66. The molecule has 0 aliphatic rings. The van der Waals surface area contributed by atoms with Gasteiger partial charge in [0, 0.05) is 52.7 Å². The monoisotopic (exact) mass is 250 g/mol. The fraction of sp³-hybridized carbons (Fsp3) is 0. The SMILES string of the molecule is [AlH3].[H-].[H-].[La].[Mg+2].[Mn]. The van der Waals surface area contributed by atoms with E-state index in [4.69, 9.17) is 0 Å². The Balaban J connectivity index is 0. The van der Waals surface area contributed by atoms with Crippen molar-refractivity contribution in [1.82, 2.24) is 0 Å². The molecule has 4 heteroatoms. The molecule has 0 heterocycles. The minimum absolute atomic E-state index is 0. The molecule has 0 unspecified atom stereocenters. The van der Waals surface area contributed by atoms with Crippen LogP contribution in [0.25, 0.3) is 0 Å². The molecule has 0 aliphatic carbocycles. The maximum atomic E-state index is 0. The maximum absolute atomic E-state index is 0. The number of hydrogen-bond donors (Lipinski definition) is 0. The smallest absolute Gasteiger partial charge is 1.00 e. The summed E-state index contributed by atoms with van der Waals surface area (Å²) in [5.41, 5.74) is 0. The Labute approximate surface area is 94.2 Å². The van der Waals surface area contributed by atoms with Gasteiger partial charge in [-0.25, -0.2) is 0 Å². The van der Waals surface area contributed by atoms with E-state index in [0.29, 0.717) is 0 Å². The van der Waals surface area contributed by atoms with Crippen LogP contribution >= 0.6 is 0 Å². The van der Waals surface area contributed by atoms with Gasteiger partial charge in [-0.15, -0.1) is 0 Å². The van der Waals surface area contributed by atoms with E-state index in [2.05, 4.69) is 0 Å². The Hall–Kier alpha value is 3.01. The molecule has 0 bridgehead atoms. The molecule has 0 rings (SSSR count). The van der Waals surface area contributed by atoms with Gasteiger partial charge in [-0.2, -0.15) is 0 Å². The minimum Gasteiger partial charge on any atom is -1.00 e. The number of hydrogen-bond acceptors (Lipinski definition) is 0. The summed E-state index contributed by atoms with van der Waals surface area (Å²) in [6.45, 7) is 0. The van der Waals surface area contributed by atoms with Crippen LogP contribution in [0, 0.1) is 35.6 Å². The van der Waals surface area contributed by atoms with E-state index in [1.165, 1.54) is 0 Å².